The number of hydrogen-bond donors (Lipinski definition) is 2. The van der Waals surface area contributed by atoms with Gasteiger partial charge >= 0.3 is 0 Å². The first-order valence-corrected chi connectivity index (χ1v) is 7.59. The molecule has 0 atom stereocenters. The van der Waals surface area contributed by atoms with E-state index in [4.69, 9.17) is 10.5 Å². The summed E-state index contributed by atoms with van der Waals surface area (Å²) in [5, 5.41) is 0. The maximum absolute atomic E-state index is 13.2. The fourth-order valence-corrected chi connectivity index (χ4v) is 2.47. The number of ether oxygens (including phenoxy) is 1. The second-order valence-corrected chi connectivity index (χ2v) is 6.31. The molecule has 0 aromatic heterocycles. The summed E-state index contributed by atoms with van der Waals surface area (Å²) in [7, 11) is -2.26. The molecule has 0 aliphatic carbocycles. The highest BCUT2D eigenvalue weighted by Gasteiger charge is 2.14. The van der Waals surface area contributed by atoms with E-state index in [1.54, 1.807) is 13.0 Å². The second-order valence-electron chi connectivity index (χ2n) is 4.42. The van der Waals surface area contributed by atoms with E-state index in [-0.39, 0.29) is 16.3 Å². The number of nitrogens with two attached hydrogens (primary N) is 1. The zero-order valence-electron chi connectivity index (χ0n) is 11.6. The zero-order valence-corrected chi connectivity index (χ0v) is 12.4. The third-order valence-corrected chi connectivity index (χ3v) is 4.34. The first-order valence-electron chi connectivity index (χ1n) is 6.10. The van der Waals surface area contributed by atoms with Gasteiger partial charge in [-0.2, -0.15) is 0 Å². The van der Waals surface area contributed by atoms with Gasteiger partial charge in [-0.25, -0.2) is 17.5 Å². The predicted octanol–water partition coefficient (Wildman–Crippen LogP) is 2.42. The molecule has 0 saturated heterocycles. The topological polar surface area (TPSA) is 81.4 Å². The smallest absolute Gasteiger partial charge is 0.240 e. The number of halogens is 1. The van der Waals surface area contributed by atoms with Crippen LogP contribution in [0.5, 0.6) is 11.5 Å². The normalized spacial score (nSPS) is 11.4. The fourth-order valence-electron chi connectivity index (χ4n) is 1.71. The van der Waals surface area contributed by atoms with E-state index in [2.05, 4.69) is 4.72 Å². The van der Waals surface area contributed by atoms with Crippen molar-refractivity contribution >= 4 is 15.7 Å². The molecule has 0 spiro atoms. The quantitative estimate of drug-likeness (QED) is 0.850. The fraction of sp³-hybridized carbons (Fsp3) is 0.143. The lowest BCUT2D eigenvalue weighted by Crippen LogP contribution is -2.18. The van der Waals surface area contributed by atoms with Crippen LogP contribution in [0.4, 0.5) is 10.1 Å². The summed E-state index contributed by atoms with van der Waals surface area (Å²) in [5.74, 6) is 0.160. The predicted molar refractivity (Wildman–Crippen MR) is 78.3 cm³/mol. The Bertz CT molecular complexity index is 776. The Morgan fingerprint density at radius 3 is 2.48 bits per heavy atom. The van der Waals surface area contributed by atoms with E-state index in [1.807, 2.05) is 0 Å². The van der Waals surface area contributed by atoms with Crippen LogP contribution in [0.2, 0.25) is 0 Å². The third kappa shape index (κ3) is 3.32. The standard InChI is InChI=1S/C14H15FN2O3S/c1-9-3-4-10(15)7-14(9)20-13-6-5-11(8-12(13)16)21(18,19)17-2/h3-8,17H,16H2,1-2H3. The van der Waals surface area contributed by atoms with Crippen LogP contribution in [0.15, 0.2) is 41.3 Å². The number of aryl methyl sites for hydroxylation is 1. The van der Waals surface area contributed by atoms with Crippen LogP contribution in [0.1, 0.15) is 5.56 Å². The number of rotatable bonds is 4. The van der Waals surface area contributed by atoms with Gasteiger partial charge in [0.05, 0.1) is 10.6 Å². The van der Waals surface area contributed by atoms with Gasteiger partial charge < -0.3 is 10.5 Å². The number of sulfonamides is 1. The average Bonchev–Trinajstić information content (AvgIpc) is 2.44. The van der Waals surface area contributed by atoms with Crippen LogP contribution in [0.3, 0.4) is 0 Å². The monoisotopic (exact) mass is 310 g/mol. The molecule has 3 N–H and O–H groups in total. The van der Waals surface area contributed by atoms with Crippen molar-refractivity contribution in [2.45, 2.75) is 11.8 Å². The molecule has 0 amide bonds. The number of nitrogens with one attached hydrogen (secondary N) is 1. The average molecular weight is 310 g/mol. The molecular formula is C14H15FN2O3S. The van der Waals surface area contributed by atoms with Gasteiger partial charge in [-0.3, -0.25) is 0 Å². The maximum Gasteiger partial charge on any atom is 0.240 e. The molecule has 0 aliphatic rings. The molecule has 0 radical (unpaired) electrons. The number of anilines is 1. The summed E-state index contributed by atoms with van der Waals surface area (Å²) < 4.78 is 44.3. The highest BCUT2D eigenvalue weighted by Crippen LogP contribution is 2.31. The van der Waals surface area contributed by atoms with E-state index >= 15 is 0 Å². The molecule has 2 rings (SSSR count). The SMILES string of the molecule is CNS(=O)(=O)c1ccc(Oc2cc(F)ccc2C)c(N)c1. The minimum Gasteiger partial charge on any atom is -0.455 e. The Kier molecular flexibility index (Phi) is 4.15. The summed E-state index contributed by atoms with van der Waals surface area (Å²) in [6.45, 7) is 1.77. The first-order chi connectivity index (χ1) is 9.83. The van der Waals surface area contributed by atoms with Crippen molar-refractivity contribution in [2.24, 2.45) is 0 Å². The van der Waals surface area contributed by atoms with Crippen molar-refractivity contribution in [1.29, 1.82) is 0 Å². The number of benzene rings is 2. The Morgan fingerprint density at radius 1 is 1.14 bits per heavy atom. The molecule has 5 nitrogen and oxygen atoms in total. The molecule has 7 heteroatoms. The van der Waals surface area contributed by atoms with E-state index < -0.39 is 15.8 Å². The molecule has 0 aliphatic heterocycles. The number of nitrogen functional groups attached to an aromatic ring is 1. The summed E-state index contributed by atoms with van der Waals surface area (Å²) in [4.78, 5) is 0.0332. The molecular weight excluding hydrogens is 295 g/mol. The van der Waals surface area contributed by atoms with Crippen molar-refractivity contribution < 1.29 is 17.5 Å². The van der Waals surface area contributed by atoms with Crippen LogP contribution < -0.4 is 15.2 Å². The first kappa shape index (κ1) is 15.3. The summed E-state index contributed by atoms with van der Waals surface area (Å²) >= 11 is 0. The van der Waals surface area contributed by atoms with E-state index in [9.17, 15) is 12.8 Å². The van der Waals surface area contributed by atoms with Crippen LogP contribution in [0, 0.1) is 12.7 Å². The Hall–Kier alpha value is -2.12. The summed E-state index contributed by atoms with van der Waals surface area (Å²) in [6, 6.07) is 8.24. The zero-order chi connectivity index (χ0) is 15.6. The molecule has 2 aromatic carbocycles. The molecule has 112 valence electrons. The molecule has 21 heavy (non-hydrogen) atoms. The summed E-state index contributed by atoms with van der Waals surface area (Å²) in [6.07, 6.45) is 0. The van der Waals surface area contributed by atoms with Crippen molar-refractivity contribution in [1.82, 2.24) is 4.72 Å². The van der Waals surface area contributed by atoms with Crippen LogP contribution in [-0.4, -0.2) is 15.5 Å². The lowest BCUT2D eigenvalue weighted by atomic mass is 10.2. The van der Waals surface area contributed by atoms with Crippen LogP contribution in [0.25, 0.3) is 0 Å². The van der Waals surface area contributed by atoms with Crippen molar-refractivity contribution in [2.75, 3.05) is 12.8 Å². The van der Waals surface area contributed by atoms with E-state index in [1.165, 1.54) is 37.4 Å². The van der Waals surface area contributed by atoms with E-state index in [0.717, 1.165) is 5.56 Å². The highest BCUT2D eigenvalue weighted by molar-refractivity contribution is 7.89. The van der Waals surface area contributed by atoms with Crippen molar-refractivity contribution in [3.8, 4) is 11.5 Å². The van der Waals surface area contributed by atoms with Gasteiger partial charge in [0, 0.05) is 6.07 Å². The van der Waals surface area contributed by atoms with Crippen molar-refractivity contribution in [3.05, 3.63) is 47.8 Å². The van der Waals surface area contributed by atoms with Gasteiger partial charge in [-0.05, 0) is 43.8 Å². The number of hydrogen-bond acceptors (Lipinski definition) is 4. The third-order valence-electron chi connectivity index (χ3n) is 2.93. The van der Waals surface area contributed by atoms with Gasteiger partial charge in [0.2, 0.25) is 10.0 Å². The second kappa shape index (κ2) is 5.71. The minimum absolute atomic E-state index is 0.0332. The highest BCUT2D eigenvalue weighted by atomic mass is 32.2. The molecule has 0 fully saturated rings. The summed E-state index contributed by atoms with van der Waals surface area (Å²) in [5.41, 5.74) is 6.68. The molecule has 0 heterocycles. The van der Waals surface area contributed by atoms with Gasteiger partial charge in [-0.15, -0.1) is 0 Å². The van der Waals surface area contributed by atoms with Gasteiger partial charge in [0.25, 0.3) is 0 Å². The lowest BCUT2D eigenvalue weighted by Gasteiger charge is -2.12. The van der Waals surface area contributed by atoms with Gasteiger partial charge in [0.15, 0.2) is 0 Å². The largest absolute Gasteiger partial charge is 0.455 e. The minimum atomic E-state index is -3.57. The Morgan fingerprint density at radius 2 is 1.86 bits per heavy atom. The molecule has 0 bridgehead atoms. The Labute approximate surface area is 122 Å². The van der Waals surface area contributed by atoms with E-state index in [0.29, 0.717) is 5.75 Å². The van der Waals surface area contributed by atoms with Crippen molar-refractivity contribution in [3.63, 3.8) is 0 Å². The molecule has 2 aromatic rings. The van der Waals surface area contributed by atoms with Gasteiger partial charge in [-0.1, -0.05) is 6.07 Å². The molecule has 0 unspecified atom stereocenters. The molecule has 0 saturated carbocycles. The maximum atomic E-state index is 13.2. The van der Waals surface area contributed by atoms with Crippen LogP contribution in [-0.2, 0) is 10.0 Å². The lowest BCUT2D eigenvalue weighted by molar-refractivity contribution is 0.474. The van der Waals surface area contributed by atoms with Gasteiger partial charge in [0.1, 0.15) is 17.3 Å². The Balaban J connectivity index is 2.36. The van der Waals surface area contributed by atoms with Crippen LogP contribution >= 0.6 is 0 Å².